The van der Waals surface area contributed by atoms with E-state index in [1.165, 1.54) is 17.0 Å². The van der Waals surface area contributed by atoms with Crippen molar-refractivity contribution in [2.75, 3.05) is 12.1 Å². The molecule has 0 radical (unpaired) electrons. The summed E-state index contributed by atoms with van der Waals surface area (Å²) in [5, 5.41) is 2.82. The maximum Gasteiger partial charge on any atom is 0.254 e. The predicted octanol–water partition coefficient (Wildman–Crippen LogP) is 2.89. The molecule has 0 unspecified atom stereocenters. The van der Waals surface area contributed by atoms with Crippen molar-refractivity contribution in [3.05, 3.63) is 70.3 Å². The Balaban J connectivity index is 1.50. The molecule has 0 atom stereocenters. The molecule has 0 spiro atoms. The van der Waals surface area contributed by atoms with Gasteiger partial charge in [0.2, 0.25) is 12.7 Å². The highest BCUT2D eigenvalue weighted by atomic mass is 16.7. The average Bonchev–Trinajstić information content (AvgIpc) is 3.10. The second-order valence-corrected chi connectivity index (χ2v) is 6.73. The fraction of sp³-hybridized carbons (Fsp3) is 0.190. The van der Waals surface area contributed by atoms with Crippen LogP contribution in [0.4, 0.5) is 5.69 Å². The highest BCUT2D eigenvalue weighted by Gasteiger charge is 2.15. The Morgan fingerprint density at radius 2 is 1.82 bits per heavy atom. The van der Waals surface area contributed by atoms with Crippen LogP contribution in [0.15, 0.2) is 53.6 Å². The minimum Gasteiger partial charge on any atom is -0.454 e. The van der Waals surface area contributed by atoms with Gasteiger partial charge in [0.05, 0.1) is 12.0 Å². The van der Waals surface area contributed by atoms with E-state index in [9.17, 15) is 9.59 Å². The summed E-state index contributed by atoms with van der Waals surface area (Å²) >= 11 is 0. The lowest BCUT2D eigenvalue weighted by molar-refractivity contribution is -0.116. The van der Waals surface area contributed by atoms with Gasteiger partial charge in [-0.3, -0.25) is 14.2 Å². The monoisotopic (exact) mass is 377 g/mol. The standard InChI is InChI=1S/C21H19N3O4/c1-13-5-14(2)7-16(6-13)23-20(25)10-24-11-22-17(9-21(24)26)15-3-4-18-19(8-15)28-12-27-18/h3-9,11H,10,12H2,1-2H3,(H,23,25). The largest absolute Gasteiger partial charge is 0.454 e. The van der Waals surface area contributed by atoms with Crippen LogP contribution in [0, 0.1) is 13.8 Å². The number of carbonyl (C=O) groups excluding carboxylic acids is 1. The molecular weight excluding hydrogens is 358 g/mol. The van der Waals surface area contributed by atoms with Crippen molar-refractivity contribution in [2.45, 2.75) is 20.4 Å². The lowest BCUT2D eigenvalue weighted by atomic mass is 10.1. The zero-order valence-corrected chi connectivity index (χ0v) is 15.6. The van der Waals surface area contributed by atoms with Crippen LogP contribution < -0.4 is 20.3 Å². The maximum atomic E-state index is 12.4. The van der Waals surface area contributed by atoms with Crippen LogP contribution in [0.2, 0.25) is 0 Å². The van der Waals surface area contributed by atoms with Crippen molar-refractivity contribution in [1.82, 2.24) is 9.55 Å². The Morgan fingerprint density at radius 1 is 1.07 bits per heavy atom. The molecule has 0 saturated carbocycles. The van der Waals surface area contributed by atoms with Gasteiger partial charge < -0.3 is 14.8 Å². The topological polar surface area (TPSA) is 82.5 Å². The zero-order valence-electron chi connectivity index (χ0n) is 15.6. The third-order valence-electron chi connectivity index (χ3n) is 4.37. The third-order valence-corrected chi connectivity index (χ3v) is 4.37. The second kappa shape index (κ2) is 7.19. The number of aromatic nitrogens is 2. The number of amides is 1. The van der Waals surface area contributed by atoms with Gasteiger partial charge in [-0.25, -0.2) is 4.98 Å². The summed E-state index contributed by atoms with van der Waals surface area (Å²) in [4.78, 5) is 29.1. The van der Waals surface area contributed by atoms with Crippen molar-refractivity contribution < 1.29 is 14.3 Å². The van der Waals surface area contributed by atoms with Gasteiger partial charge in [0.15, 0.2) is 11.5 Å². The summed E-state index contributed by atoms with van der Waals surface area (Å²) < 4.78 is 11.9. The van der Waals surface area contributed by atoms with E-state index in [0.717, 1.165) is 16.7 Å². The molecule has 7 heteroatoms. The molecule has 1 aromatic heterocycles. The summed E-state index contributed by atoms with van der Waals surface area (Å²) in [6.07, 6.45) is 1.38. The molecule has 4 rings (SSSR count). The van der Waals surface area contributed by atoms with E-state index in [2.05, 4.69) is 10.3 Å². The number of fused-ring (bicyclic) bond motifs is 1. The number of nitrogens with zero attached hydrogens (tertiary/aromatic N) is 2. The molecule has 1 amide bonds. The van der Waals surface area contributed by atoms with Gasteiger partial charge in [0, 0.05) is 17.3 Å². The number of nitrogens with one attached hydrogen (secondary N) is 1. The average molecular weight is 377 g/mol. The number of carbonyl (C=O) groups is 1. The first-order valence-corrected chi connectivity index (χ1v) is 8.82. The molecule has 0 fully saturated rings. The maximum absolute atomic E-state index is 12.4. The summed E-state index contributed by atoms with van der Waals surface area (Å²) in [6.45, 7) is 4.00. The van der Waals surface area contributed by atoms with Gasteiger partial charge in [0.1, 0.15) is 6.54 Å². The molecule has 2 heterocycles. The van der Waals surface area contributed by atoms with E-state index in [4.69, 9.17) is 9.47 Å². The van der Waals surface area contributed by atoms with Crippen molar-refractivity contribution in [3.8, 4) is 22.8 Å². The lowest BCUT2D eigenvalue weighted by Gasteiger charge is -2.09. The number of rotatable bonds is 4. The van der Waals surface area contributed by atoms with Crippen LogP contribution in [-0.2, 0) is 11.3 Å². The first-order valence-electron chi connectivity index (χ1n) is 8.82. The van der Waals surface area contributed by atoms with Gasteiger partial charge in [-0.1, -0.05) is 6.07 Å². The van der Waals surface area contributed by atoms with E-state index in [1.54, 1.807) is 12.1 Å². The summed E-state index contributed by atoms with van der Waals surface area (Å²) in [5.41, 5.74) is 3.77. The Labute approximate surface area is 161 Å². The Hall–Kier alpha value is -3.61. The number of aryl methyl sites for hydroxylation is 2. The van der Waals surface area contributed by atoms with E-state index >= 15 is 0 Å². The molecule has 3 aromatic rings. The van der Waals surface area contributed by atoms with Crippen LogP contribution in [0.1, 0.15) is 11.1 Å². The van der Waals surface area contributed by atoms with Crippen LogP contribution >= 0.6 is 0 Å². The van der Waals surface area contributed by atoms with Crippen LogP contribution in [0.25, 0.3) is 11.3 Å². The molecule has 1 N–H and O–H groups in total. The van der Waals surface area contributed by atoms with Crippen molar-refractivity contribution in [3.63, 3.8) is 0 Å². The fourth-order valence-corrected chi connectivity index (χ4v) is 3.16. The van der Waals surface area contributed by atoms with Gasteiger partial charge >= 0.3 is 0 Å². The SMILES string of the molecule is Cc1cc(C)cc(NC(=O)Cn2cnc(-c3ccc4c(c3)OCO4)cc2=O)c1. The molecule has 0 aliphatic carbocycles. The van der Waals surface area contributed by atoms with E-state index in [0.29, 0.717) is 22.9 Å². The first kappa shape index (κ1) is 17.8. The normalized spacial score (nSPS) is 12.1. The highest BCUT2D eigenvalue weighted by molar-refractivity contribution is 5.90. The van der Waals surface area contributed by atoms with Crippen molar-refractivity contribution in [2.24, 2.45) is 0 Å². The first-order chi connectivity index (χ1) is 13.5. The number of benzene rings is 2. The number of hydrogen-bond donors (Lipinski definition) is 1. The number of ether oxygens (including phenoxy) is 2. The Morgan fingerprint density at radius 3 is 2.57 bits per heavy atom. The van der Waals surface area contributed by atoms with Gasteiger partial charge in [-0.2, -0.15) is 0 Å². The van der Waals surface area contributed by atoms with Crippen LogP contribution in [0.5, 0.6) is 11.5 Å². The van der Waals surface area contributed by atoms with Gasteiger partial charge in [0.25, 0.3) is 5.56 Å². The highest BCUT2D eigenvalue weighted by Crippen LogP contribution is 2.35. The molecule has 2 aromatic carbocycles. The van der Waals surface area contributed by atoms with Gasteiger partial charge in [-0.15, -0.1) is 0 Å². The molecule has 142 valence electrons. The van der Waals surface area contributed by atoms with E-state index in [1.807, 2.05) is 38.1 Å². The third kappa shape index (κ3) is 3.73. The summed E-state index contributed by atoms with van der Waals surface area (Å²) in [7, 11) is 0. The quantitative estimate of drug-likeness (QED) is 0.756. The van der Waals surface area contributed by atoms with E-state index < -0.39 is 0 Å². The second-order valence-electron chi connectivity index (χ2n) is 6.73. The zero-order chi connectivity index (χ0) is 19.7. The minimum atomic E-state index is -0.307. The molecule has 0 saturated heterocycles. The van der Waals surface area contributed by atoms with Crippen LogP contribution in [0.3, 0.4) is 0 Å². The fourth-order valence-electron chi connectivity index (χ4n) is 3.16. The summed E-state index contributed by atoms with van der Waals surface area (Å²) in [5.74, 6) is 1.00. The number of anilines is 1. The molecule has 0 bridgehead atoms. The summed E-state index contributed by atoms with van der Waals surface area (Å²) in [6, 6.07) is 12.6. The van der Waals surface area contributed by atoms with Gasteiger partial charge in [-0.05, 0) is 55.3 Å². The molecular formula is C21H19N3O4. The Bertz CT molecular complexity index is 1100. The van der Waals surface area contributed by atoms with Crippen molar-refractivity contribution in [1.29, 1.82) is 0 Å². The molecule has 28 heavy (non-hydrogen) atoms. The predicted molar refractivity (Wildman–Crippen MR) is 105 cm³/mol. The number of hydrogen-bond acceptors (Lipinski definition) is 5. The molecule has 1 aliphatic rings. The minimum absolute atomic E-state index is 0.111. The van der Waals surface area contributed by atoms with Crippen LogP contribution in [-0.4, -0.2) is 22.3 Å². The lowest BCUT2D eigenvalue weighted by Crippen LogP contribution is -2.27. The molecule has 7 nitrogen and oxygen atoms in total. The Kier molecular flexibility index (Phi) is 4.57. The van der Waals surface area contributed by atoms with E-state index in [-0.39, 0.29) is 24.8 Å². The molecule has 1 aliphatic heterocycles. The smallest absolute Gasteiger partial charge is 0.254 e. The van der Waals surface area contributed by atoms with Crippen molar-refractivity contribution >= 4 is 11.6 Å².